The van der Waals surface area contributed by atoms with Gasteiger partial charge in [0.2, 0.25) is 10.0 Å². The minimum atomic E-state index is -3.61. The Morgan fingerprint density at radius 2 is 2.15 bits per heavy atom. The van der Waals surface area contributed by atoms with Gasteiger partial charge >= 0.3 is 0 Å². The summed E-state index contributed by atoms with van der Waals surface area (Å²) in [5.74, 6) is 0.0206. The molecular formula is C10H15N5O2S3. The van der Waals surface area contributed by atoms with E-state index < -0.39 is 10.0 Å². The summed E-state index contributed by atoms with van der Waals surface area (Å²) in [6, 6.07) is 0. The van der Waals surface area contributed by atoms with E-state index in [1.165, 1.54) is 25.4 Å². The number of nitrogens with two attached hydrogens (primary N) is 1. The third kappa shape index (κ3) is 2.77. The smallest absolute Gasteiger partial charge is 0.249 e. The number of sulfonamides is 1. The standard InChI is InChI=1S/C10H15N5O2S3/c1-6-7(18-5-13-6)4-12-10-8(9(11)14-19-10)20(16,17)15(2)3/h5,12H,4H2,1-3H3,(H2,11,14). The van der Waals surface area contributed by atoms with Crippen molar-refractivity contribution in [3.63, 3.8) is 0 Å². The maximum Gasteiger partial charge on any atom is 0.249 e. The maximum atomic E-state index is 12.2. The molecule has 3 N–H and O–H groups in total. The first-order valence-electron chi connectivity index (χ1n) is 5.64. The number of anilines is 2. The van der Waals surface area contributed by atoms with Crippen molar-refractivity contribution in [2.45, 2.75) is 18.4 Å². The van der Waals surface area contributed by atoms with Crippen LogP contribution in [0.25, 0.3) is 0 Å². The van der Waals surface area contributed by atoms with Crippen molar-refractivity contribution in [2.75, 3.05) is 25.1 Å². The Balaban J connectivity index is 2.29. The summed E-state index contributed by atoms with van der Waals surface area (Å²) in [6.45, 7) is 2.40. The van der Waals surface area contributed by atoms with Crippen LogP contribution in [-0.4, -0.2) is 36.2 Å². The van der Waals surface area contributed by atoms with E-state index in [1.807, 2.05) is 6.92 Å². The van der Waals surface area contributed by atoms with Gasteiger partial charge < -0.3 is 11.1 Å². The lowest BCUT2D eigenvalue weighted by Gasteiger charge is -2.12. The van der Waals surface area contributed by atoms with Gasteiger partial charge in [0, 0.05) is 19.0 Å². The highest BCUT2D eigenvalue weighted by atomic mass is 32.2. The quantitative estimate of drug-likeness (QED) is 0.856. The molecule has 0 spiro atoms. The fraction of sp³-hybridized carbons (Fsp3) is 0.400. The van der Waals surface area contributed by atoms with E-state index in [0.29, 0.717) is 11.5 Å². The number of aromatic nitrogens is 2. The number of nitrogen functional groups attached to an aromatic ring is 1. The van der Waals surface area contributed by atoms with Gasteiger partial charge in [0.15, 0.2) is 10.7 Å². The summed E-state index contributed by atoms with van der Waals surface area (Å²) in [7, 11) is -0.691. The molecule has 0 aromatic carbocycles. The van der Waals surface area contributed by atoms with Gasteiger partial charge in [-0.05, 0) is 18.5 Å². The molecule has 2 aromatic heterocycles. The van der Waals surface area contributed by atoms with Crippen molar-refractivity contribution < 1.29 is 8.42 Å². The van der Waals surface area contributed by atoms with Gasteiger partial charge in [-0.2, -0.15) is 4.37 Å². The van der Waals surface area contributed by atoms with Gasteiger partial charge in [-0.3, -0.25) is 0 Å². The highest BCUT2D eigenvalue weighted by Gasteiger charge is 2.27. The lowest BCUT2D eigenvalue weighted by Crippen LogP contribution is -2.23. The van der Waals surface area contributed by atoms with Crippen LogP contribution in [0, 0.1) is 6.92 Å². The highest BCUT2D eigenvalue weighted by Crippen LogP contribution is 2.33. The molecule has 0 saturated carbocycles. The zero-order valence-corrected chi connectivity index (χ0v) is 13.7. The van der Waals surface area contributed by atoms with Crippen LogP contribution in [0.15, 0.2) is 10.4 Å². The van der Waals surface area contributed by atoms with E-state index in [0.717, 1.165) is 26.4 Å². The second kappa shape index (κ2) is 5.64. The van der Waals surface area contributed by atoms with E-state index in [2.05, 4.69) is 14.7 Å². The molecule has 10 heteroatoms. The Hall–Kier alpha value is -1.23. The van der Waals surface area contributed by atoms with Crippen molar-refractivity contribution in [1.82, 2.24) is 13.7 Å². The van der Waals surface area contributed by atoms with Gasteiger partial charge in [-0.25, -0.2) is 17.7 Å². The van der Waals surface area contributed by atoms with Crippen LogP contribution in [0.4, 0.5) is 10.8 Å². The van der Waals surface area contributed by atoms with E-state index in [-0.39, 0.29) is 10.7 Å². The average molecular weight is 333 g/mol. The Labute approximate surface area is 125 Å². The summed E-state index contributed by atoms with van der Waals surface area (Å²) < 4.78 is 29.5. The molecule has 0 bridgehead atoms. The van der Waals surface area contributed by atoms with Crippen molar-refractivity contribution in [2.24, 2.45) is 0 Å². The number of thiazole rings is 1. The van der Waals surface area contributed by atoms with Crippen LogP contribution < -0.4 is 11.1 Å². The first-order chi connectivity index (χ1) is 9.34. The molecule has 7 nitrogen and oxygen atoms in total. The molecule has 20 heavy (non-hydrogen) atoms. The molecule has 2 aromatic rings. The highest BCUT2D eigenvalue weighted by molar-refractivity contribution is 7.89. The summed E-state index contributed by atoms with van der Waals surface area (Å²) in [6.07, 6.45) is 0. The Morgan fingerprint density at radius 1 is 1.45 bits per heavy atom. The van der Waals surface area contributed by atoms with Crippen LogP contribution >= 0.6 is 22.9 Å². The fourth-order valence-electron chi connectivity index (χ4n) is 1.49. The van der Waals surface area contributed by atoms with Crippen LogP contribution in [0.2, 0.25) is 0 Å². The topological polar surface area (TPSA) is 101 Å². The van der Waals surface area contributed by atoms with Crippen molar-refractivity contribution in [3.8, 4) is 0 Å². The van der Waals surface area contributed by atoms with Crippen LogP contribution in [0.5, 0.6) is 0 Å². The monoisotopic (exact) mass is 333 g/mol. The normalized spacial score (nSPS) is 12.0. The van der Waals surface area contributed by atoms with Gasteiger partial charge in [-0.1, -0.05) is 0 Å². The zero-order valence-electron chi connectivity index (χ0n) is 11.2. The van der Waals surface area contributed by atoms with Gasteiger partial charge in [0.1, 0.15) is 5.00 Å². The van der Waals surface area contributed by atoms with Gasteiger partial charge in [-0.15, -0.1) is 11.3 Å². The molecule has 0 aliphatic rings. The minimum Gasteiger partial charge on any atom is -0.382 e. The molecule has 2 rings (SSSR count). The first-order valence-corrected chi connectivity index (χ1v) is 8.74. The van der Waals surface area contributed by atoms with Crippen molar-refractivity contribution in [3.05, 3.63) is 16.1 Å². The van der Waals surface area contributed by atoms with Crippen LogP contribution in [0.3, 0.4) is 0 Å². The second-order valence-corrected chi connectivity index (χ2v) is 8.03. The second-order valence-electron chi connectivity index (χ2n) is 4.23. The number of aryl methyl sites for hydroxylation is 1. The molecule has 0 aliphatic carbocycles. The number of nitrogens with zero attached hydrogens (tertiary/aromatic N) is 3. The number of nitrogens with one attached hydrogen (secondary N) is 1. The van der Waals surface area contributed by atoms with Gasteiger partial charge in [0.05, 0.1) is 17.7 Å². The molecule has 0 fully saturated rings. The molecule has 2 heterocycles. The van der Waals surface area contributed by atoms with E-state index in [9.17, 15) is 8.42 Å². The molecule has 0 saturated heterocycles. The maximum absolute atomic E-state index is 12.2. The largest absolute Gasteiger partial charge is 0.382 e. The van der Waals surface area contributed by atoms with Crippen LogP contribution in [0.1, 0.15) is 10.6 Å². The molecule has 0 radical (unpaired) electrons. The predicted molar refractivity (Wildman–Crippen MR) is 81.6 cm³/mol. The summed E-state index contributed by atoms with van der Waals surface area (Å²) in [5, 5.41) is 3.53. The number of rotatable bonds is 5. The van der Waals surface area contributed by atoms with E-state index >= 15 is 0 Å². The van der Waals surface area contributed by atoms with E-state index in [4.69, 9.17) is 5.73 Å². The minimum absolute atomic E-state index is 0.0206. The Morgan fingerprint density at radius 3 is 2.70 bits per heavy atom. The van der Waals surface area contributed by atoms with Crippen LogP contribution in [-0.2, 0) is 16.6 Å². The Bertz CT molecular complexity index is 704. The average Bonchev–Trinajstić information content (AvgIpc) is 2.93. The summed E-state index contributed by atoms with van der Waals surface area (Å²) >= 11 is 2.56. The predicted octanol–water partition coefficient (Wildman–Crippen LogP) is 1.35. The summed E-state index contributed by atoms with van der Waals surface area (Å²) in [5.41, 5.74) is 8.37. The molecular weight excluding hydrogens is 318 g/mol. The van der Waals surface area contributed by atoms with Crippen molar-refractivity contribution >= 4 is 43.7 Å². The summed E-state index contributed by atoms with van der Waals surface area (Å²) in [4.78, 5) is 5.23. The van der Waals surface area contributed by atoms with Crippen molar-refractivity contribution in [1.29, 1.82) is 0 Å². The lowest BCUT2D eigenvalue weighted by molar-refractivity contribution is 0.521. The zero-order chi connectivity index (χ0) is 14.9. The number of hydrogen-bond donors (Lipinski definition) is 2. The third-order valence-electron chi connectivity index (χ3n) is 2.67. The lowest BCUT2D eigenvalue weighted by atomic mass is 10.4. The number of hydrogen-bond acceptors (Lipinski definition) is 8. The van der Waals surface area contributed by atoms with Gasteiger partial charge in [0.25, 0.3) is 0 Å². The first kappa shape index (κ1) is 15.2. The molecule has 0 aliphatic heterocycles. The third-order valence-corrected chi connectivity index (χ3v) is 6.44. The fourth-order valence-corrected chi connectivity index (χ4v) is 4.28. The molecule has 0 amide bonds. The SMILES string of the molecule is Cc1ncsc1CNc1snc(N)c1S(=O)(=O)N(C)C. The molecule has 0 unspecified atom stereocenters. The Kier molecular flexibility index (Phi) is 4.28. The molecule has 0 atom stereocenters. The molecule has 110 valence electrons. The van der Waals surface area contributed by atoms with E-state index in [1.54, 1.807) is 5.51 Å².